The van der Waals surface area contributed by atoms with Gasteiger partial charge in [0.1, 0.15) is 5.58 Å². The van der Waals surface area contributed by atoms with Crippen LogP contribution in [0.2, 0.25) is 0 Å². The van der Waals surface area contributed by atoms with Gasteiger partial charge in [0.25, 0.3) is 0 Å². The first-order chi connectivity index (χ1) is 18.7. The maximum atomic E-state index is 9.18. The molecule has 0 N–H and O–H groups in total. The first kappa shape index (κ1) is 14.6. The zero-order valence-electron chi connectivity index (χ0n) is 24.5. The van der Waals surface area contributed by atoms with Gasteiger partial charge in [0.05, 0.1) is 18.2 Å². The molecule has 6 rings (SSSR count). The fourth-order valence-corrected chi connectivity index (χ4v) is 4.94. The average molecular weight is 439 g/mol. The Morgan fingerprint density at radius 2 is 1.76 bits per heavy atom. The highest BCUT2D eigenvalue weighted by Crippen LogP contribution is 2.37. The first-order valence-electron chi connectivity index (χ1n) is 14.5. The molecule has 2 aromatic carbocycles. The fraction of sp³-hybridized carbons (Fsp3) is 0.267. The van der Waals surface area contributed by atoms with Crippen molar-refractivity contribution in [3.8, 4) is 22.5 Å². The Morgan fingerprint density at radius 1 is 0.909 bits per heavy atom. The van der Waals surface area contributed by atoms with Gasteiger partial charge in [-0.3, -0.25) is 4.98 Å². The summed E-state index contributed by atoms with van der Waals surface area (Å²) in [6.07, 6.45) is 7.59. The van der Waals surface area contributed by atoms with E-state index in [2.05, 4.69) is 9.97 Å². The van der Waals surface area contributed by atoms with Gasteiger partial charge in [-0.1, -0.05) is 56.4 Å². The lowest BCUT2D eigenvalue weighted by atomic mass is 9.78. The number of rotatable bonds is 4. The topological polar surface area (TPSA) is 38.9 Å². The lowest BCUT2D eigenvalue weighted by Gasteiger charge is -2.28. The molecular formula is C30H28N2O. The van der Waals surface area contributed by atoms with Crippen LogP contribution in [-0.2, 0) is 0 Å². The van der Waals surface area contributed by atoms with E-state index in [0.29, 0.717) is 17.2 Å². The molecule has 164 valence electrons. The predicted molar refractivity (Wildman–Crippen MR) is 135 cm³/mol. The normalized spacial score (nSPS) is 19.3. The highest BCUT2D eigenvalue weighted by Gasteiger charge is 2.22. The van der Waals surface area contributed by atoms with Crippen molar-refractivity contribution >= 4 is 22.1 Å². The third kappa shape index (κ3) is 3.82. The zero-order chi connectivity index (χ0) is 27.5. The van der Waals surface area contributed by atoms with Gasteiger partial charge >= 0.3 is 0 Å². The van der Waals surface area contributed by atoms with Gasteiger partial charge in [0.2, 0.25) is 5.71 Å². The van der Waals surface area contributed by atoms with Crippen molar-refractivity contribution in [3.05, 3.63) is 84.4 Å². The Hall–Kier alpha value is -3.46. The molecule has 0 amide bonds. The predicted octanol–water partition coefficient (Wildman–Crippen LogP) is 8.39. The van der Waals surface area contributed by atoms with E-state index in [1.54, 1.807) is 12.3 Å². The highest BCUT2D eigenvalue weighted by atomic mass is 16.3. The number of benzene rings is 2. The molecule has 1 saturated carbocycles. The molecule has 3 heterocycles. The summed E-state index contributed by atoms with van der Waals surface area (Å²) in [4.78, 5) is 9.16. The van der Waals surface area contributed by atoms with Gasteiger partial charge in [0.15, 0.2) is 0 Å². The quantitative estimate of drug-likeness (QED) is 0.283. The number of hydrogen-bond acceptors (Lipinski definition) is 3. The van der Waals surface area contributed by atoms with Crippen LogP contribution in [0.4, 0.5) is 0 Å². The summed E-state index contributed by atoms with van der Waals surface area (Å²) in [5.74, 6) is -0.334. The Bertz CT molecular complexity index is 1710. The second kappa shape index (κ2) is 8.47. The minimum Gasteiger partial charge on any atom is -0.438 e. The maximum Gasteiger partial charge on any atom is 0.227 e. The molecule has 0 aliphatic heterocycles. The van der Waals surface area contributed by atoms with E-state index in [4.69, 9.17) is 11.3 Å². The van der Waals surface area contributed by atoms with Gasteiger partial charge in [-0.25, -0.2) is 4.98 Å². The summed E-state index contributed by atoms with van der Waals surface area (Å²) in [6.45, 7) is 2.02. The number of fused-ring (bicyclic) bond motifs is 3. The molecule has 1 fully saturated rings. The molecule has 3 heteroatoms. The number of pyridine rings is 2. The molecule has 3 nitrogen and oxygen atoms in total. The average Bonchev–Trinajstić information content (AvgIpc) is 3.33. The van der Waals surface area contributed by atoms with Gasteiger partial charge < -0.3 is 4.42 Å². The van der Waals surface area contributed by atoms with E-state index in [0.717, 1.165) is 40.4 Å². The van der Waals surface area contributed by atoms with Crippen LogP contribution in [-0.4, -0.2) is 9.97 Å². The third-order valence-corrected chi connectivity index (χ3v) is 6.82. The molecule has 0 saturated heterocycles. The lowest BCUT2D eigenvalue weighted by molar-refractivity contribution is 0.316. The van der Waals surface area contributed by atoms with Crippen molar-refractivity contribution in [1.82, 2.24) is 9.97 Å². The maximum absolute atomic E-state index is 9.18. The number of hydrogen-bond donors (Lipinski definition) is 0. The number of aromatic nitrogens is 2. The minimum absolute atomic E-state index is 0.0430. The molecular weight excluding hydrogens is 404 g/mol. The van der Waals surface area contributed by atoms with E-state index in [9.17, 15) is 1.37 Å². The summed E-state index contributed by atoms with van der Waals surface area (Å²) >= 11 is 0. The van der Waals surface area contributed by atoms with Crippen LogP contribution in [0, 0.1) is 5.92 Å². The van der Waals surface area contributed by atoms with E-state index in [1.165, 1.54) is 19.3 Å². The second-order valence-corrected chi connectivity index (χ2v) is 8.81. The van der Waals surface area contributed by atoms with Gasteiger partial charge in [-0.15, -0.1) is 0 Å². The van der Waals surface area contributed by atoms with Crippen molar-refractivity contribution in [2.24, 2.45) is 5.92 Å². The molecule has 1 unspecified atom stereocenters. The van der Waals surface area contributed by atoms with Crippen molar-refractivity contribution < 1.29 is 12.6 Å². The molecule has 1 aliphatic carbocycles. The molecule has 0 radical (unpaired) electrons. The molecule has 0 spiro atoms. The van der Waals surface area contributed by atoms with Crippen molar-refractivity contribution in [2.45, 2.75) is 44.9 Å². The zero-order valence-corrected chi connectivity index (χ0v) is 18.5. The Kier molecular flexibility index (Phi) is 3.76. The van der Waals surface area contributed by atoms with Crippen LogP contribution in [0.3, 0.4) is 0 Å². The van der Waals surface area contributed by atoms with Crippen LogP contribution < -0.4 is 0 Å². The van der Waals surface area contributed by atoms with Crippen LogP contribution in [0.1, 0.15) is 58.7 Å². The Labute approximate surface area is 202 Å². The van der Waals surface area contributed by atoms with Crippen LogP contribution in [0.25, 0.3) is 44.6 Å². The molecule has 1 aliphatic rings. The van der Waals surface area contributed by atoms with Crippen LogP contribution in [0.5, 0.6) is 0 Å². The summed E-state index contributed by atoms with van der Waals surface area (Å²) in [5.41, 5.74) is 3.92. The van der Waals surface area contributed by atoms with Crippen molar-refractivity contribution in [3.63, 3.8) is 0 Å². The Morgan fingerprint density at radius 3 is 2.61 bits per heavy atom. The molecule has 1 atom stereocenters. The molecule has 33 heavy (non-hydrogen) atoms. The monoisotopic (exact) mass is 438 g/mol. The molecule has 0 bridgehead atoms. The van der Waals surface area contributed by atoms with E-state index in [-0.39, 0.29) is 23.3 Å². The minimum atomic E-state index is -0.672. The second-order valence-electron chi connectivity index (χ2n) is 8.81. The molecule has 5 aromatic rings. The SMILES string of the molecule is [2H]c1c([2H])c([2H])c(-c2ccc3c(n2)oc2ccc(-c4cc(C([2H])(C)C5CCCCC5)ccn4)cc23)c([2H])c1[2H]. The van der Waals surface area contributed by atoms with Gasteiger partial charge in [-0.05, 0) is 72.7 Å². The Balaban J connectivity index is 1.41. The lowest BCUT2D eigenvalue weighted by Crippen LogP contribution is -2.14. The molecule has 3 aromatic heterocycles. The van der Waals surface area contributed by atoms with Crippen LogP contribution in [0.15, 0.2) is 83.3 Å². The standard InChI is InChI=1S/C30H28N2O/c1-20(21-8-4-2-5-9-21)23-16-17-31-28(19-23)24-12-15-29-26(18-24)25-13-14-27(32-30(25)33-29)22-10-6-3-7-11-22/h3,6-7,10-21H,2,4-5,8-9H2,1H3/i3D,6D,7D,10D,11D,20D. The highest BCUT2D eigenvalue weighted by molar-refractivity contribution is 6.05. The summed E-state index contributed by atoms with van der Waals surface area (Å²) in [6, 6.07) is 11.4. The first-order valence-corrected chi connectivity index (χ1v) is 11.5. The van der Waals surface area contributed by atoms with Crippen LogP contribution >= 0.6 is 0 Å². The largest absolute Gasteiger partial charge is 0.438 e. The number of nitrogens with zero attached hydrogens (tertiary/aromatic N) is 2. The van der Waals surface area contributed by atoms with Gasteiger partial charge in [-0.2, -0.15) is 0 Å². The smallest absolute Gasteiger partial charge is 0.227 e. The fourth-order valence-electron chi connectivity index (χ4n) is 4.94. The van der Waals surface area contributed by atoms with E-state index < -0.39 is 24.0 Å². The summed E-state index contributed by atoms with van der Waals surface area (Å²) < 4.78 is 55.5. The summed E-state index contributed by atoms with van der Waals surface area (Å²) in [5, 5.41) is 1.60. The van der Waals surface area contributed by atoms with Crippen molar-refractivity contribution in [1.29, 1.82) is 0 Å². The van der Waals surface area contributed by atoms with E-state index >= 15 is 0 Å². The van der Waals surface area contributed by atoms with Crippen molar-refractivity contribution in [2.75, 3.05) is 0 Å². The van der Waals surface area contributed by atoms with Gasteiger partial charge in [0, 0.05) is 29.5 Å². The summed E-state index contributed by atoms with van der Waals surface area (Å²) in [7, 11) is 0. The number of furan rings is 1. The third-order valence-electron chi connectivity index (χ3n) is 6.82. The van der Waals surface area contributed by atoms with E-state index in [1.807, 2.05) is 43.3 Å².